The number of nitrogens with zero attached hydrogens (tertiary/aromatic N) is 2. The Bertz CT molecular complexity index is 902. The summed E-state index contributed by atoms with van der Waals surface area (Å²) in [6.45, 7) is 6.65. The van der Waals surface area contributed by atoms with Crippen molar-refractivity contribution >= 4 is 17.5 Å². The molecule has 26 heavy (non-hydrogen) atoms. The van der Waals surface area contributed by atoms with E-state index < -0.39 is 0 Å². The Kier molecular flexibility index (Phi) is 5.27. The number of benzene rings is 2. The van der Waals surface area contributed by atoms with Crippen molar-refractivity contribution in [3.8, 4) is 0 Å². The number of carbonyl (C=O) groups excluding carboxylic acids is 1. The first-order chi connectivity index (χ1) is 12.5. The molecule has 0 fully saturated rings. The van der Waals surface area contributed by atoms with Crippen molar-refractivity contribution in [1.29, 1.82) is 0 Å². The second-order valence-electron chi connectivity index (χ2n) is 6.41. The van der Waals surface area contributed by atoms with Gasteiger partial charge in [-0.15, -0.1) is 0 Å². The largest absolute Gasteiger partial charge is 0.350 e. The van der Waals surface area contributed by atoms with Gasteiger partial charge in [-0.2, -0.15) is 0 Å². The summed E-state index contributed by atoms with van der Waals surface area (Å²) in [5, 5.41) is 6.07. The molecule has 3 aromatic rings. The van der Waals surface area contributed by atoms with Gasteiger partial charge in [-0.3, -0.25) is 4.79 Å². The molecular weight excluding hydrogens is 324 g/mol. The monoisotopic (exact) mass is 346 g/mol. The summed E-state index contributed by atoms with van der Waals surface area (Å²) in [6.07, 6.45) is 3.07. The molecule has 0 radical (unpaired) electrons. The SMILES string of the molecule is Cc1ccc(CNc2ncc(C(=O)Nc3cc(C)ccc3C)cn2)cc1. The van der Waals surface area contributed by atoms with Crippen LogP contribution in [0.15, 0.2) is 54.9 Å². The molecule has 0 atom stereocenters. The molecule has 5 nitrogen and oxygen atoms in total. The molecule has 0 aliphatic heterocycles. The molecule has 1 amide bonds. The lowest BCUT2D eigenvalue weighted by Gasteiger charge is -2.10. The van der Waals surface area contributed by atoms with Crippen LogP contribution < -0.4 is 10.6 Å². The standard InChI is InChI=1S/C21H22N4O/c1-14-5-8-17(9-6-14)11-22-21-23-12-18(13-24-21)20(26)25-19-10-15(2)4-7-16(19)3/h4-10,12-13H,11H2,1-3H3,(H,25,26)(H,22,23,24). The average Bonchev–Trinajstić information content (AvgIpc) is 2.64. The van der Waals surface area contributed by atoms with Crippen molar-refractivity contribution in [3.63, 3.8) is 0 Å². The number of hydrogen-bond acceptors (Lipinski definition) is 4. The molecule has 0 unspecified atom stereocenters. The maximum Gasteiger partial charge on any atom is 0.258 e. The summed E-state index contributed by atoms with van der Waals surface area (Å²) in [5.41, 5.74) is 5.71. The van der Waals surface area contributed by atoms with E-state index in [9.17, 15) is 4.79 Å². The topological polar surface area (TPSA) is 66.9 Å². The van der Waals surface area contributed by atoms with Crippen molar-refractivity contribution in [2.75, 3.05) is 10.6 Å². The van der Waals surface area contributed by atoms with E-state index in [0.717, 1.165) is 22.4 Å². The molecule has 0 bridgehead atoms. The minimum atomic E-state index is -0.219. The van der Waals surface area contributed by atoms with Crippen LogP contribution in [0.1, 0.15) is 32.6 Å². The summed E-state index contributed by atoms with van der Waals surface area (Å²) in [6, 6.07) is 14.2. The maximum absolute atomic E-state index is 12.4. The highest BCUT2D eigenvalue weighted by molar-refractivity contribution is 6.04. The van der Waals surface area contributed by atoms with E-state index in [1.165, 1.54) is 18.0 Å². The zero-order valence-electron chi connectivity index (χ0n) is 15.2. The Morgan fingerprint density at radius 3 is 2.27 bits per heavy atom. The third-order valence-electron chi connectivity index (χ3n) is 4.13. The third kappa shape index (κ3) is 4.45. The van der Waals surface area contributed by atoms with Gasteiger partial charge < -0.3 is 10.6 Å². The van der Waals surface area contributed by atoms with Crippen molar-refractivity contribution in [2.24, 2.45) is 0 Å². The van der Waals surface area contributed by atoms with Crippen LogP contribution >= 0.6 is 0 Å². The van der Waals surface area contributed by atoms with Crippen molar-refractivity contribution in [3.05, 3.63) is 82.7 Å². The number of nitrogens with one attached hydrogen (secondary N) is 2. The van der Waals surface area contributed by atoms with Crippen LogP contribution in [0.4, 0.5) is 11.6 Å². The van der Waals surface area contributed by atoms with Gasteiger partial charge in [0.1, 0.15) is 0 Å². The molecule has 1 aromatic heterocycles. The molecule has 0 saturated carbocycles. The van der Waals surface area contributed by atoms with Crippen LogP contribution in [0.5, 0.6) is 0 Å². The molecule has 0 saturated heterocycles. The van der Waals surface area contributed by atoms with Gasteiger partial charge in [0.2, 0.25) is 5.95 Å². The van der Waals surface area contributed by atoms with E-state index in [4.69, 9.17) is 0 Å². The van der Waals surface area contributed by atoms with Crippen LogP contribution in [-0.2, 0) is 6.54 Å². The zero-order valence-corrected chi connectivity index (χ0v) is 15.2. The quantitative estimate of drug-likeness (QED) is 0.724. The lowest BCUT2D eigenvalue weighted by Crippen LogP contribution is -2.14. The fraction of sp³-hybridized carbons (Fsp3) is 0.190. The van der Waals surface area contributed by atoms with E-state index in [0.29, 0.717) is 18.1 Å². The van der Waals surface area contributed by atoms with Crippen LogP contribution in [0.3, 0.4) is 0 Å². The lowest BCUT2D eigenvalue weighted by molar-refractivity contribution is 0.102. The first kappa shape index (κ1) is 17.6. The second kappa shape index (κ2) is 7.78. The molecule has 1 heterocycles. The van der Waals surface area contributed by atoms with Gasteiger partial charge in [0.25, 0.3) is 5.91 Å². The lowest BCUT2D eigenvalue weighted by atomic mass is 10.1. The number of carbonyl (C=O) groups is 1. The van der Waals surface area contributed by atoms with Crippen molar-refractivity contribution < 1.29 is 4.79 Å². The third-order valence-corrected chi connectivity index (χ3v) is 4.13. The number of anilines is 2. The minimum Gasteiger partial charge on any atom is -0.350 e. The summed E-state index contributed by atoms with van der Waals surface area (Å²) in [7, 11) is 0. The van der Waals surface area contributed by atoms with Gasteiger partial charge in [-0.25, -0.2) is 9.97 Å². The Labute approximate surface area is 153 Å². The predicted molar refractivity (Wildman–Crippen MR) is 104 cm³/mol. The highest BCUT2D eigenvalue weighted by atomic mass is 16.1. The molecule has 0 aliphatic carbocycles. The molecule has 2 aromatic carbocycles. The Hall–Kier alpha value is -3.21. The smallest absolute Gasteiger partial charge is 0.258 e. The Balaban J connectivity index is 1.62. The molecule has 0 aliphatic rings. The van der Waals surface area contributed by atoms with Crippen LogP contribution in [0.2, 0.25) is 0 Å². The van der Waals surface area contributed by atoms with Gasteiger partial charge in [0, 0.05) is 24.6 Å². The maximum atomic E-state index is 12.4. The minimum absolute atomic E-state index is 0.219. The zero-order chi connectivity index (χ0) is 18.5. The summed E-state index contributed by atoms with van der Waals surface area (Å²) in [4.78, 5) is 20.9. The van der Waals surface area contributed by atoms with E-state index in [1.807, 2.05) is 32.0 Å². The highest BCUT2D eigenvalue weighted by Gasteiger charge is 2.09. The molecule has 0 spiro atoms. The average molecular weight is 346 g/mol. The normalized spacial score (nSPS) is 10.4. The Morgan fingerprint density at radius 1 is 0.923 bits per heavy atom. The molecular formula is C21H22N4O. The summed E-state index contributed by atoms with van der Waals surface area (Å²) in [5.74, 6) is 0.276. The number of amides is 1. The van der Waals surface area contributed by atoms with E-state index in [2.05, 4.69) is 51.8 Å². The molecule has 132 valence electrons. The van der Waals surface area contributed by atoms with E-state index in [1.54, 1.807) is 0 Å². The van der Waals surface area contributed by atoms with Gasteiger partial charge in [0.15, 0.2) is 0 Å². The van der Waals surface area contributed by atoms with Crippen LogP contribution in [-0.4, -0.2) is 15.9 Å². The number of aryl methyl sites for hydroxylation is 3. The van der Waals surface area contributed by atoms with Crippen molar-refractivity contribution in [1.82, 2.24) is 9.97 Å². The van der Waals surface area contributed by atoms with Gasteiger partial charge in [0.05, 0.1) is 5.56 Å². The van der Waals surface area contributed by atoms with E-state index >= 15 is 0 Å². The van der Waals surface area contributed by atoms with Gasteiger partial charge >= 0.3 is 0 Å². The molecule has 3 rings (SSSR count). The highest BCUT2D eigenvalue weighted by Crippen LogP contribution is 2.17. The number of hydrogen-bond donors (Lipinski definition) is 2. The second-order valence-corrected chi connectivity index (χ2v) is 6.41. The first-order valence-electron chi connectivity index (χ1n) is 8.51. The van der Waals surface area contributed by atoms with Gasteiger partial charge in [-0.1, -0.05) is 42.0 Å². The van der Waals surface area contributed by atoms with Crippen molar-refractivity contribution in [2.45, 2.75) is 27.3 Å². The number of aromatic nitrogens is 2. The number of rotatable bonds is 5. The summed E-state index contributed by atoms with van der Waals surface area (Å²) < 4.78 is 0. The van der Waals surface area contributed by atoms with E-state index in [-0.39, 0.29) is 5.91 Å². The molecule has 2 N–H and O–H groups in total. The van der Waals surface area contributed by atoms with Crippen LogP contribution in [0, 0.1) is 20.8 Å². The fourth-order valence-electron chi connectivity index (χ4n) is 2.49. The molecule has 5 heteroatoms. The van der Waals surface area contributed by atoms with Gasteiger partial charge in [-0.05, 0) is 43.5 Å². The Morgan fingerprint density at radius 2 is 1.58 bits per heavy atom. The predicted octanol–water partition coefficient (Wildman–Crippen LogP) is 4.27. The fourth-order valence-corrected chi connectivity index (χ4v) is 2.49. The summed E-state index contributed by atoms with van der Waals surface area (Å²) >= 11 is 0. The first-order valence-corrected chi connectivity index (χ1v) is 8.51. The van der Waals surface area contributed by atoms with Crippen LogP contribution in [0.25, 0.3) is 0 Å².